The van der Waals surface area contributed by atoms with Crippen LogP contribution in [-0.2, 0) is 0 Å². The molecule has 0 saturated heterocycles. The van der Waals surface area contributed by atoms with Crippen LogP contribution < -0.4 is 0 Å². The van der Waals surface area contributed by atoms with Gasteiger partial charge in [-0.05, 0) is 7.05 Å². The van der Waals surface area contributed by atoms with Crippen molar-refractivity contribution in [1.29, 1.82) is 0 Å². The standard InChI is InChI=1S/C5H8ClN/c1-7-4-2-3-5(7)6/h2-3,5H,4H2,1H3. The lowest BCUT2D eigenvalue weighted by atomic mass is 10.6. The first-order chi connectivity index (χ1) is 3.30. The zero-order valence-corrected chi connectivity index (χ0v) is 5.02. The molecule has 1 atom stereocenters. The smallest absolute Gasteiger partial charge is 0.104 e. The van der Waals surface area contributed by atoms with Gasteiger partial charge in [0.05, 0.1) is 0 Å². The van der Waals surface area contributed by atoms with Crippen molar-refractivity contribution in [2.75, 3.05) is 13.6 Å². The maximum Gasteiger partial charge on any atom is 0.104 e. The van der Waals surface area contributed by atoms with E-state index >= 15 is 0 Å². The summed E-state index contributed by atoms with van der Waals surface area (Å²) >= 11 is 5.70. The average Bonchev–Trinajstić information content (AvgIpc) is 1.91. The molecule has 1 aliphatic rings. The van der Waals surface area contributed by atoms with Gasteiger partial charge in [0, 0.05) is 6.54 Å². The fraction of sp³-hybridized carbons (Fsp3) is 0.600. The van der Waals surface area contributed by atoms with Crippen molar-refractivity contribution in [3.05, 3.63) is 12.2 Å². The maximum atomic E-state index is 5.70. The topological polar surface area (TPSA) is 3.24 Å². The third-order valence-electron chi connectivity index (χ3n) is 1.11. The highest BCUT2D eigenvalue weighted by Gasteiger charge is 2.09. The summed E-state index contributed by atoms with van der Waals surface area (Å²) in [5.74, 6) is 0. The highest BCUT2D eigenvalue weighted by molar-refractivity contribution is 6.21. The Labute approximate surface area is 48.6 Å². The Balaban J connectivity index is 2.45. The molecule has 40 valence electrons. The number of hydrogen-bond donors (Lipinski definition) is 0. The van der Waals surface area contributed by atoms with Crippen LogP contribution in [0.1, 0.15) is 0 Å². The molecule has 2 heteroatoms. The van der Waals surface area contributed by atoms with E-state index in [1.165, 1.54) is 0 Å². The van der Waals surface area contributed by atoms with E-state index in [1.54, 1.807) is 0 Å². The molecule has 0 aliphatic carbocycles. The molecule has 0 saturated carbocycles. The molecule has 0 amide bonds. The van der Waals surface area contributed by atoms with Gasteiger partial charge in [-0.1, -0.05) is 12.2 Å². The number of nitrogens with zero attached hydrogens (tertiary/aromatic N) is 1. The number of hydrogen-bond acceptors (Lipinski definition) is 1. The van der Waals surface area contributed by atoms with Gasteiger partial charge in [0.1, 0.15) is 5.50 Å². The summed E-state index contributed by atoms with van der Waals surface area (Å²) in [5, 5.41) is 0. The van der Waals surface area contributed by atoms with Crippen LogP contribution in [0.5, 0.6) is 0 Å². The first kappa shape index (κ1) is 5.13. The molecule has 0 spiro atoms. The summed E-state index contributed by atoms with van der Waals surface area (Å²) in [6.07, 6.45) is 4.05. The van der Waals surface area contributed by atoms with Crippen LogP contribution in [0.15, 0.2) is 12.2 Å². The molecule has 1 nitrogen and oxygen atoms in total. The van der Waals surface area contributed by atoms with Gasteiger partial charge >= 0.3 is 0 Å². The van der Waals surface area contributed by atoms with E-state index < -0.39 is 0 Å². The van der Waals surface area contributed by atoms with E-state index in [-0.39, 0.29) is 5.50 Å². The molecule has 7 heavy (non-hydrogen) atoms. The van der Waals surface area contributed by atoms with Crippen molar-refractivity contribution in [2.45, 2.75) is 5.50 Å². The second-order valence-corrected chi connectivity index (χ2v) is 2.19. The maximum absolute atomic E-state index is 5.70. The first-order valence-electron chi connectivity index (χ1n) is 2.31. The zero-order valence-electron chi connectivity index (χ0n) is 4.26. The van der Waals surface area contributed by atoms with Crippen LogP contribution in [0.2, 0.25) is 0 Å². The summed E-state index contributed by atoms with van der Waals surface area (Å²) in [6, 6.07) is 0. The second kappa shape index (κ2) is 1.85. The van der Waals surface area contributed by atoms with Gasteiger partial charge in [-0.3, -0.25) is 4.90 Å². The van der Waals surface area contributed by atoms with Crippen LogP contribution in [-0.4, -0.2) is 24.0 Å². The zero-order chi connectivity index (χ0) is 5.28. The van der Waals surface area contributed by atoms with Crippen LogP contribution in [0, 0.1) is 0 Å². The van der Waals surface area contributed by atoms with E-state index in [0.717, 1.165) is 6.54 Å². The first-order valence-corrected chi connectivity index (χ1v) is 2.75. The van der Waals surface area contributed by atoms with Gasteiger partial charge < -0.3 is 0 Å². The van der Waals surface area contributed by atoms with Crippen LogP contribution in [0.3, 0.4) is 0 Å². The van der Waals surface area contributed by atoms with Gasteiger partial charge in [-0.25, -0.2) is 0 Å². The Morgan fingerprint density at radius 2 is 2.57 bits per heavy atom. The Bertz CT molecular complexity index is 90.1. The molecule has 1 unspecified atom stereocenters. The fourth-order valence-corrected chi connectivity index (χ4v) is 0.770. The molecule has 0 N–H and O–H groups in total. The Hall–Kier alpha value is -0.0100. The van der Waals surface area contributed by atoms with Crippen molar-refractivity contribution in [1.82, 2.24) is 4.90 Å². The Morgan fingerprint density at radius 1 is 1.86 bits per heavy atom. The number of halogens is 1. The van der Waals surface area contributed by atoms with Crippen molar-refractivity contribution >= 4 is 11.6 Å². The molecule has 0 aromatic carbocycles. The fourth-order valence-electron chi connectivity index (χ4n) is 0.587. The van der Waals surface area contributed by atoms with Gasteiger partial charge in [-0.15, -0.1) is 11.6 Å². The molecule has 1 rings (SSSR count). The molecular weight excluding hydrogens is 110 g/mol. The van der Waals surface area contributed by atoms with Crippen LogP contribution in [0.25, 0.3) is 0 Å². The van der Waals surface area contributed by atoms with Gasteiger partial charge in [-0.2, -0.15) is 0 Å². The lowest BCUT2D eigenvalue weighted by molar-refractivity contribution is 0.404. The molecular formula is C5H8ClN. The summed E-state index contributed by atoms with van der Waals surface area (Å²) in [4.78, 5) is 2.06. The summed E-state index contributed by atoms with van der Waals surface area (Å²) in [7, 11) is 2.00. The predicted octanol–water partition coefficient (Wildman–Crippen LogP) is 1.05. The van der Waals surface area contributed by atoms with Crippen LogP contribution >= 0.6 is 11.6 Å². The normalized spacial score (nSPS) is 32.0. The SMILES string of the molecule is CN1CC=CC1Cl. The van der Waals surface area contributed by atoms with Crippen molar-refractivity contribution in [2.24, 2.45) is 0 Å². The summed E-state index contributed by atoms with van der Waals surface area (Å²) in [6.45, 7) is 0.994. The van der Waals surface area contributed by atoms with Gasteiger partial charge in [0.15, 0.2) is 0 Å². The van der Waals surface area contributed by atoms with Gasteiger partial charge in [0.2, 0.25) is 0 Å². The number of rotatable bonds is 0. The molecule has 0 bridgehead atoms. The minimum atomic E-state index is 0.139. The third kappa shape index (κ3) is 0.956. The number of alkyl halides is 1. The summed E-state index contributed by atoms with van der Waals surface area (Å²) in [5.41, 5.74) is 0.139. The molecule has 0 aromatic rings. The average molecular weight is 118 g/mol. The second-order valence-electron chi connectivity index (χ2n) is 1.74. The molecule has 0 radical (unpaired) electrons. The van der Waals surface area contributed by atoms with E-state index in [1.807, 2.05) is 13.1 Å². The molecule has 1 aliphatic heterocycles. The van der Waals surface area contributed by atoms with Crippen molar-refractivity contribution in [3.8, 4) is 0 Å². The van der Waals surface area contributed by atoms with Gasteiger partial charge in [0.25, 0.3) is 0 Å². The Morgan fingerprint density at radius 3 is 2.71 bits per heavy atom. The lowest BCUT2D eigenvalue weighted by Gasteiger charge is -2.09. The van der Waals surface area contributed by atoms with E-state index in [4.69, 9.17) is 11.6 Å². The van der Waals surface area contributed by atoms with E-state index in [0.29, 0.717) is 0 Å². The quantitative estimate of drug-likeness (QED) is 0.261. The van der Waals surface area contributed by atoms with Crippen molar-refractivity contribution < 1.29 is 0 Å². The predicted molar refractivity (Wildman–Crippen MR) is 31.4 cm³/mol. The van der Waals surface area contributed by atoms with E-state index in [2.05, 4.69) is 11.0 Å². The minimum absolute atomic E-state index is 0.139. The Kier molecular flexibility index (Phi) is 1.35. The largest absolute Gasteiger partial charge is 0.284 e. The summed E-state index contributed by atoms with van der Waals surface area (Å²) < 4.78 is 0. The highest BCUT2D eigenvalue weighted by Crippen LogP contribution is 2.08. The van der Waals surface area contributed by atoms with E-state index in [9.17, 15) is 0 Å². The number of likely N-dealkylation sites (N-methyl/N-ethyl adjacent to an activating group) is 1. The van der Waals surface area contributed by atoms with Crippen LogP contribution in [0.4, 0.5) is 0 Å². The molecule has 1 heterocycles. The molecule has 0 fully saturated rings. The molecule has 0 aromatic heterocycles. The highest BCUT2D eigenvalue weighted by atomic mass is 35.5. The van der Waals surface area contributed by atoms with Crippen molar-refractivity contribution in [3.63, 3.8) is 0 Å². The lowest BCUT2D eigenvalue weighted by Crippen LogP contribution is -2.19. The third-order valence-corrected chi connectivity index (χ3v) is 1.59. The monoisotopic (exact) mass is 117 g/mol. The minimum Gasteiger partial charge on any atom is -0.284 e.